The second-order valence-corrected chi connectivity index (χ2v) is 4.50. The number of carbonyl (C=O) groups is 1. The van der Waals surface area contributed by atoms with E-state index in [1.807, 2.05) is 0 Å². The molecular weight excluding hydrogens is 267 g/mol. The van der Waals surface area contributed by atoms with Crippen molar-refractivity contribution in [3.05, 3.63) is 23.5 Å². The van der Waals surface area contributed by atoms with Crippen LogP contribution in [0.2, 0.25) is 0 Å². The summed E-state index contributed by atoms with van der Waals surface area (Å²) < 4.78 is 30.3. The SMILES string of the molecule is CCOc1cc(CC(=O)O)c(F)c(O[C@@H]2CCOC2)c1. The van der Waals surface area contributed by atoms with Crippen molar-refractivity contribution in [2.24, 2.45) is 0 Å². The maximum absolute atomic E-state index is 14.2. The molecule has 0 aliphatic carbocycles. The van der Waals surface area contributed by atoms with E-state index in [1.165, 1.54) is 12.1 Å². The summed E-state index contributed by atoms with van der Waals surface area (Å²) in [7, 11) is 0. The summed E-state index contributed by atoms with van der Waals surface area (Å²) in [4.78, 5) is 10.8. The van der Waals surface area contributed by atoms with Gasteiger partial charge in [-0.2, -0.15) is 0 Å². The molecule has 5 nitrogen and oxygen atoms in total. The van der Waals surface area contributed by atoms with Gasteiger partial charge in [-0.3, -0.25) is 4.79 Å². The smallest absolute Gasteiger partial charge is 0.307 e. The molecule has 1 N–H and O–H groups in total. The first-order valence-electron chi connectivity index (χ1n) is 6.51. The molecule has 1 heterocycles. The lowest BCUT2D eigenvalue weighted by molar-refractivity contribution is -0.136. The molecule has 6 heteroatoms. The highest BCUT2D eigenvalue weighted by atomic mass is 19.1. The molecule has 0 amide bonds. The molecule has 1 atom stereocenters. The fraction of sp³-hybridized carbons (Fsp3) is 0.500. The summed E-state index contributed by atoms with van der Waals surface area (Å²) in [6, 6.07) is 2.84. The quantitative estimate of drug-likeness (QED) is 0.865. The molecule has 1 saturated heterocycles. The second-order valence-electron chi connectivity index (χ2n) is 4.50. The van der Waals surface area contributed by atoms with Gasteiger partial charge in [-0.15, -0.1) is 0 Å². The Morgan fingerprint density at radius 3 is 2.95 bits per heavy atom. The number of ether oxygens (including phenoxy) is 3. The van der Waals surface area contributed by atoms with E-state index in [4.69, 9.17) is 19.3 Å². The van der Waals surface area contributed by atoms with Crippen LogP contribution in [0.1, 0.15) is 18.9 Å². The summed E-state index contributed by atoms with van der Waals surface area (Å²) in [6.45, 7) is 3.20. The summed E-state index contributed by atoms with van der Waals surface area (Å²) >= 11 is 0. The monoisotopic (exact) mass is 284 g/mol. The van der Waals surface area contributed by atoms with Gasteiger partial charge in [0.1, 0.15) is 11.9 Å². The van der Waals surface area contributed by atoms with Crippen molar-refractivity contribution in [2.45, 2.75) is 25.9 Å². The Balaban J connectivity index is 2.26. The molecule has 1 aliphatic heterocycles. The predicted octanol–water partition coefficient (Wildman–Crippen LogP) is 2.02. The van der Waals surface area contributed by atoms with Crippen LogP contribution in [0.5, 0.6) is 11.5 Å². The number of carboxylic acids is 1. The lowest BCUT2D eigenvalue weighted by Gasteiger charge is -2.16. The molecule has 20 heavy (non-hydrogen) atoms. The first-order chi connectivity index (χ1) is 9.60. The van der Waals surface area contributed by atoms with Crippen LogP contribution in [0, 0.1) is 5.82 Å². The van der Waals surface area contributed by atoms with Crippen LogP contribution in [-0.2, 0) is 16.0 Å². The van der Waals surface area contributed by atoms with Gasteiger partial charge in [0, 0.05) is 18.1 Å². The molecule has 1 aliphatic rings. The fourth-order valence-electron chi connectivity index (χ4n) is 2.04. The zero-order chi connectivity index (χ0) is 14.5. The molecule has 0 radical (unpaired) electrons. The van der Waals surface area contributed by atoms with Gasteiger partial charge in [0.2, 0.25) is 0 Å². The minimum Gasteiger partial charge on any atom is -0.494 e. The van der Waals surface area contributed by atoms with Crippen LogP contribution in [0.4, 0.5) is 4.39 Å². The molecule has 1 fully saturated rings. The van der Waals surface area contributed by atoms with Gasteiger partial charge < -0.3 is 19.3 Å². The number of hydrogen-bond acceptors (Lipinski definition) is 4. The van der Waals surface area contributed by atoms with Crippen molar-refractivity contribution in [3.63, 3.8) is 0 Å². The first kappa shape index (κ1) is 14.6. The van der Waals surface area contributed by atoms with Gasteiger partial charge in [-0.05, 0) is 13.0 Å². The molecule has 1 aromatic rings. The topological polar surface area (TPSA) is 65.0 Å². The number of benzene rings is 1. The number of hydrogen-bond donors (Lipinski definition) is 1. The van der Waals surface area contributed by atoms with Crippen molar-refractivity contribution >= 4 is 5.97 Å². The number of carboxylic acid groups (broad SMARTS) is 1. The van der Waals surface area contributed by atoms with Gasteiger partial charge in [0.05, 0.1) is 26.2 Å². The van der Waals surface area contributed by atoms with E-state index in [2.05, 4.69) is 0 Å². The van der Waals surface area contributed by atoms with Crippen molar-refractivity contribution in [1.29, 1.82) is 0 Å². The molecular formula is C14H17FO5. The average molecular weight is 284 g/mol. The Bertz CT molecular complexity index is 483. The zero-order valence-electron chi connectivity index (χ0n) is 11.2. The van der Waals surface area contributed by atoms with Crippen LogP contribution in [-0.4, -0.2) is 37.0 Å². The second kappa shape index (κ2) is 6.56. The number of rotatable bonds is 6. The van der Waals surface area contributed by atoms with Crippen LogP contribution < -0.4 is 9.47 Å². The molecule has 1 aromatic carbocycles. The third-order valence-corrected chi connectivity index (χ3v) is 2.92. The Hall–Kier alpha value is -1.82. The van der Waals surface area contributed by atoms with E-state index >= 15 is 0 Å². The molecule has 0 spiro atoms. The van der Waals surface area contributed by atoms with Gasteiger partial charge in [-0.25, -0.2) is 4.39 Å². The van der Waals surface area contributed by atoms with Gasteiger partial charge in [0.25, 0.3) is 0 Å². The Morgan fingerprint density at radius 2 is 2.35 bits per heavy atom. The van der Waals surface area contributed by atoms with Gasteiger partial charge in [-0.1, -0.05) is 0 Å². The fourth-order valence-corrected chi connectivity index (χ4v) is 2.04. The predicted molar refractivity (Wildman–Crippen MR) is 68.8 cm³/mol. The van der Waals surface area contributed by atoms with Crippen molar-refractivity contribution in [3.8, 4) is 11.5 Å². The number of aliphatic carboxylic acids is 1. The minimum atomic E-state index is -1.10. The Labute approximate surface area is 116 Å². The molecule has 110 valence electrons. The van der Waals surface area contributed by atoms with E-state index < -0.39 is 18.2 Å². The largest absolute Gasteiger partial charge is 0.494 e. The Kier molecular flexibility index (Phi) is 4.79. The standard InChI is InChI=1S/C14H17FO5/c1-2-19-11-5-9(6-13(16)17)14(15)12(7-11)20-10-3-4-18-8-10/h5,7,10H,2-4,6,8H2,1H3,(H,16,17)/t10-/m1/s1. The molecule has 2 rings (SSSR count). The van der Waals surface area contributed by atoms with Crippen LogP contribution in [0.3, 0.4) is 0 Å². The zero-order valence-corrected chi connectivity index (χ0v) is 11.2. The van der Waals surface area contributed by atoms with Crippen molar-refractivity contribution in [1.82, 2.24) is 0 Å². The highest BCUT2D eigenvalue weighted by Crippen LogP contribution is 2.30. The average Bonchev–Trinajstić information content (AvgIpc) is 2.87. The third-order valence-electron chi connectivity index (χ3n) is 2.92. The minimum absolute atomic E-state index is 0.0164. The van der Waals surface area contributed by atoms with E-state index in [-0.39, 0.29) is 17.4 Å². The Morgan fingerprint density at radius 1 is 1.55 bits per heavy atom. The molecule has 0 unspecified atom stereocenters. The van der Waals surface area contributed by atoms with Crippen LogP contribution in [0.15, 0.2) is 12.1 Å². The van der Waals surface area contributed by atoms with Crippen LogP contribution in [0.25, 0.3) is 0 Å². The molecule has 0 saturated carbocycles. The summed E-state index contributed by atoms with van der Waals surface area (Å²) in [6.07, 6.45) is 0.0654. The highest BCUT2D eigenvalue weighted by Gasteiger charge is 2.21. The van der Waals surface area contributed by atoms with Gasteiger partial charge >= 0.3 is 5.97 Å². The summed E-state index contributed by atoms with van der Waals surface area (Å²) in [5.74, 6) is -1.34. The lowest BCUT2D eigenvalue weighted by Crippen LogP contribution is -2.17. The van der Waals surface area contributed by atoms with Crippen LogP contribution >= 0.6 is 0 Å². The number of halogens is 1. The highest BCUT2D eigenvalue weighted by molar-refractivity contribution is 5.70. The molecule has 0 bridgehead atoms. The van der Waals surface area contributed by atoms with E-state index in [9.17, 15) is 9.18 Å². The van der Waals surface area contributed by atoms with Gasteiger partial charge in [0.15, 0.2) is 11.6 Å². The molecule has 0 aromatic heterocycles. The lowest BCUT2D eigenvalue weighted by atomic mass is 10.1. The maximum Gasteiger partial charge on any atom is 0.307 e. The van der Waals surface area contributed by atoms with E-state index in [0.717, 1.165) is 0 Å². The maximum atomic E-state index is 14.2. The van der Waals surface area contributed by atoms with Crippen molar-refractivity contribution < 1.29 is 28.5 Å². The normalized spacial score (nSPS) is 18.0. The summed E-state index contributed by atoms with van der Waals surface area (Å²) in [5, 5.41) is 8.82. The first-order valence-corrected chi connectivity index (χ1v) is 6.51. The van der Waals surface area contributed by atoms with E-state index in [1.54, 1.807) is 6.92 Å². The summed E-state index contributed by atoms with van der Waals surface area (Å²) in [5.41, 5.74) is 0.0531. The third kappa shape index (κ3) is 3.60. The van der Waals surface area contributed by atoms with E-state index in [0.29, 0.717) is 32.0 Å². The van der Waals surface area contributed by atoms with Crippen molar-refractivity contribution in [2.75, 3.05) is 19.8 Å².